The minimum Gasteiger partial charge on any atom is -0.322 e. The maximum Gasteiger partial charge on any atom is 0.351 e. The lowest BCUT2D eigenvalue weighted by Crippen LogP contribution is -2.41. The second kappa shape index (κ2) is 4.19. The predicted octanol–water partition coefficient (Wildman–Crippen LogP) is 0.610. The molecule has 1 aromatic carbocycles. The van der Waals surface area contributed by atoms with Crippen molar-refractivity contribution in [1.82, 2.24) is 10.4 Å². The molecule has 0 saturated carbocycles. The summed E-state index contributed by atoms with van der Waals surface area (Å²) in [7, 11) is 0. The third kappa shape index (κ3) is 1.95. The van der Waals surface area contributed by atoms with Crippen molar-refractivity contribution >= 4 is 16.8 Å². The lowest BCUT2D eigenvalue weighted by atomic mass is 10.1. The monoisotopic (exact) mass is 253 g/mol. The second-order valence-corrected chi connectivity index (χ2v) is 3.67. The number of pyridine rings is 1. The van der Waals surface area contributed by atoms with Crippen LogP contribution >= 0.6 is 0 Å². The number of benzene rings is 1. The standard InChI is InChI=1S/C11H9F2N3O2/c12-11(13,10(18)16-14)7-2-3-8-6(5-7)1-4-9(17)15-8/h1-5H,14H2,(H,15,17)(H,16,18). The smallest absolute Gasteiger partial charge is 0.322 e. The molecule has 1 aromatic heterocycles. The summed E-state index contributed by atoms with van der Waals surface area (Å²) in [5, 5.41) is 0.400. The Balaban J connectivity index is 2.57. The molecule has 18 heavy (non-hydrogen) atoms. The van der Waals surface area contributed by atoms with Gasteiger partial charge >= 0.3 is 11.8 Å². The first kappa shape index (κ1) is 12.2. The van der Waals surface area contributed by atoms with E-state index in [9.17, 15) is 18.4 Å². The summed E-state index contributed by atoms with van der Waals surface area (Å²) in [6.07, 6.45) is 0. The third-order valence-corrected chi connectivity index (χ3v) is 2.50. The molecule has 0 spiro atoms. The fraction of sp³-hybridized carbons (Fsp3) is 0.0909. The molecule has 0 saturated heterocycles. The number of H-pyrrole nitrogens is 1. The van der Waals surface area contributed by atoms with Gasteiger partial charge in [-0.1, -0.05) is 6.07 Å². The highest BCUT2D eigenvalue weighted by molar-refractivity contribution is 5.86. The Kier molecular flexibility index (Phi) is 2.84. The van der Waals surface area contributed by atoms with Crippen LogP contribution in [0.25, 0.3) is 10.9 Å². The number of aromatic amines is 1. The molecular formula is C11H9F2N3O2. The molecule has 0 atom stereocenters. The van der Waals surface area contributed by atoms with Gasteiger partial charge < -0.3 is 4.98 Å². The van der Waals surface area contributed by atoms with Gasteiger partial charge in [0.1, 0.15) is 0 Å². The van der Waals surface area contributed by atoms with Gasteiger partial charge in [-0.2, -0.15) is 8.78 Å². The lowest BCUT2D eigenvalue weighted by Gasteiger charge is -2.14. The molecule has 1 amide bonds. The van der Waals surface area contributed by atoms with E-state index in [1.165, 1.54) is 23.6 Å². The number of hydrogen-bond donors (Lipinski definition) is 3. The summed E-state index contributed by atoms with van der Waals surface area (Å²) in [5.74, 6) is -0.614. The van der Waals surface area contributed by atoms with E-state index in [4.69, 9.17) is 5.84 Å². The number of carbonyl (C=O) groups excluding carboxylic acids is 1. The average molecular weight is 253 g/mol. The van der Waals surface area contributed by atoms with Crippen LogP contribution in [0.2, 0.25) is 0 Å². The van der Waals surface area contributed by atoms with E-state index in [0.717, 1.165) is 12.1 Å². The topological polar surface area (TPSA) is 88.0 Å². The Morgan fingerprint density at radius 2 is 2.00 bits per heavy atom. The van der Waals surface area contributed by atoms with Gasteiger partial charge in [0.15, 0.2) is 0 Å². The van der Waals surface area contributed by atoms with Gasteiger partial charge in [0.25, 0.3) is 0 Å². The third-order valence-electron chi connectivity index (χ3n) is 2.50. The quantitative estimate of drug-likeness (QED) is 0.416. The highest BCUT2D eigenvalue weighted by Crippen LogP contribution is 2.29. The van der Waals surface area contributed by atoms with Crippen LogP contribution in [0, 0.1) is 0 Å². The molecule has 0 aliphatic heterocycles. The number of fused-ring (bicyclic) bond motifs is 1. The summed E-state index contributed by atoms with van der Waals surface area (Å²) in [6, 6.07) is 6.11. The number of nitrogens with one attached hydrogen (secondary N) is 2. The molecule has 0 bridgehead atoms. The predicted molar refractivity (Wildman–Crippen MR) is 60.8 cm³/mol. The Bertz CT molecular complexity index is 667. The van der Waals surface area contributed by atoms with Gasteiger partial charge in [-0.3, -0.25) is 15.0 Å². The van der Waals surface area contributed by atoms with E-state index in [0.29, 0.717) is 10.9 Å². The van der Waals surface area contributed by atoms with Gasteiger partial charge in [-0.25, -0.2) is 5.84 Å². The number of aromatic nitrogens is 1. The Labute approximate surface area is 99.6 Å². The van der Waals surface area contributed by atoms with Crippen LogP contribution in [0.15, 0.2) is 35.1 Å². The fourth-order valence-corrected chi connectivity index (χ4v) is 1.57. The highest BCUT2D eigenvalue weighted by Gasteiger charge is 2.40. The average Bonchev–Trinajstić information content (AvgIpc) is 2.36. The number of hydrazine groups is 1. The van der Waals surface area contributed by atoms with Crippen molar-refractivity contribution in [1.29, 1.82) is 0 Å². The maximum atomic E-state index is 13.6. The number of halogens is 2. The van der Waals surface area contributed by atoms with E-state index in [-0.39, 0.29) is 5.56 Å². The van der Waals surface area contributed by atoms with Crippen molar-refractivity contribution in [3.8, 4) is 0 Å². The van der Waals surface area contributed by atoms with Crippen molar-refractivity contribution in [3.05, 3.63) is 46.2 Å². The van der Waals surface area contributed by atoms with Gasteiger partial charge in [-0.05, 0) is 23.6 Å². The van der Waals surface area contributed by atoms with E-state index in [1.54, 1.807) is 0 Å². The van der Waals surface area contributed by atoms with Crippen LogP contribution in [0.3, 0.4) is 0 Å². The van der Waals surface area contributed by atoms with E-state index < -0.39 is 17.4 Å². The first-order chi connectivity index (χ1) is 8.45. The Morgan fingerprint density at radius 3 is 2.67 bits per heavy atom. The number of hydrogen-bond acceptors (Lipinski definition) is 3. The maximum absolute atomic E-state index is 13.6. The van der Waals surface area contributed by atoms with E-state index in [1.807, 2.05) is 0 Å². The second-order valence-electron chi connectivity index (χ2n) is 3.67. The van der Waals surface area contributed by atoms with Crippen molar-refractivity contribution in [2.75, 3.05) is 0 Å². The van der Waals surface area contributed by atoms with Gasteiger partial charge in [0, 0.05) is 17.1 Å². The summed E-state index contributed by atoms with van der Waals surface area (Å²) in [4.78, 5) is 24.5. The minimum atomic E-state index is -3.72. The molecule has 0 aliphatic carbocycles. The van der Waals surface area contributed by atoms with E-state index >= 15 is 0 Å². The highest BCUT2D eigenvalue weighted by atomic mass is 19.3. The lowest BCUT2D eigenvalue weighted by molar-refractivity contribution is -0.147. The molecule has 2 aromatic rings. The molecule has 2 rings (SSSR count). The van der Waals surface area contributed by atoms with Crippen molar-refractivity contribution < 1.29 is 13.6 Å². The normalized spacial score (nSPS) is 11.5. The first-order valence-electron chi connectivity index (χ1n) is 4.97. The zero-order valence-corrected chi connectivity index (χ0v) is 9.04. The largest absolute Gasteiger partial charge is 0.351 e. The number of rotatable bonds is 2. The summed E-state index contributed by atoms with van der Waals surface area (Å²) in [6.45, 7) is 0. The molecule has 0 unspecified atom stereocenters. The molecule has 0 fully saturated rings. The van der Waals surface area contributed by atoms with Crippen LogP contribution in [0.5, 0.6) is 0 Å². The fourth-order valence-electron chi connectivity index (χ4n) is 1.57. The summed E-state index contributed by atoms with van der Waals surface area (Å²) >= 11 is 0. The van der Waals surface area contributed by atoms with Crippen LogP contribution < -0.4 is 16.8 Å². The molecule has 7 heteroatoms. The molecule has 0 radical (unpaired) electrons. The summed E-state index contributed by atoms with van der Waals surface area (Å²) < 4.78 is 27.2. The zero-order valence-electron chi connectivity index (χ0n) is 9.04. The molecule has 5 nitrogen and oxygen atoms in total. The summed E-state index contributed by atoms with van der Waals surface area (Å²) in [5.41, 5.74) is 0.999. The molecule has 94 valence electrons. The number of nitrogens with two attached hydrogens (primary N) is 1. The molecule has 1 heterocycles. The van der Waals surface area contributed by atoms with Crippen molar-refractivity contribution in [2.45, 2.75) is 5.92 Å². The van der Waals surface area contributed by atoms with Crippen molar-refractivity contribution in [2.24, 2.45) is 5.84 Å². The molecular weight excluding hydrogens is 244 g/mol. The SMILES string of the molecule is NNC(=O)C(F)(F)c1ccc2[nH]c(=O)ccc2c1. The molecule has 0 aliphatic rings. The number of carbonyl (C=O) groups is 1. The first-order valence-corrected chi connectivity index (χ1v) is 4.97. The van der Waals surface area contributed by atoms with Crippen LogP contribution in [-0.4, -0.2) is 10.9 Å². The van der Waals surface area contributed by atoms with Gasteiger partial charge in [0.05, 0.1) is 0 Å². The van der Waals surface area contributed by atoms with Crippen molar-refractivity contribution in [3.63, 3.8) is 0 Å². The molecule has 4 N–H and O–H groups in total. The van der Waals surface area contributed by atoms with Gasteiger partial charge in [0.2, 0.25) is 5.56 Å². The van der Waals surface area contributed by atoms with Crippen LogP contribution in [0.1, 0.15) is 5.56 Å². The zero-order chi connectivity index (χ0) is 13.3. The minimum absolute atomic E-state index is 0.332. The Morgan fingerprint density at radius 1 is 1.28 bits per heavy atom. The number of alkyl halides is 2. The van der Waals surface area contributed by atoms with Crippen LogP contribution in [0.4, 0.5) is 8.78 Å². The Hall–Kier alpha value is -2.28. The van der Waals surface area contributed by atoms with Gasteiger partial charge in [-0.15, -0.1) is 0 Å². The van der Waals surface area contributed by atoms with Crippen LogP contribution in [-0.2, 0) is 10.7 Å². The van der Waals surface area contributed by atoms with E-state index in [2.05, 4.69) is 4.98 Å². The number of amides is 1.